The molecule has 1 saturated carbocycles. The lowest BCUT2D eigenvalue weighted by Crippen LogP contribution is -2.50. The Balaban J connectivity index is 0.00000225. The summed E-state index contributed by atoms with van der Waals surface area (Å²) in [5.74, 6) is 0.0401. The fraction of sp³-hybridized carbons (Fsp3) is 0.588. The van der Waals surface area contributed by atoms with Gasteiger partial charge < -0.3 is 10.0 Å². The molecule has 1 aromatic carbocycles. The summed E-state index contributed by atoms with van der Waals surface area (Å²) in [6, 6.07) is 4.55. The average molecular weight is 379 g/mol. The third-order valence-corrected chi connectivity index (χ3v) is 4.71. The van der Waals surface area contributed by atoms with E-state index in [1.807, 2.05) is 0 Å². The number of β-amino-alcohol motifs (C(OH)–C–C–N with tert-alkyl or cyclic N) is 1. The molecule has 25 heavy (non-hydrogen) atoms. The standard InChI is InChI=1S/C17H21F3N2O2.ClH/c18-17(19,20)14-3-1-2-13(10-14)16(24)22-8-6-21(7-9-22)11-15(23)12-4-5-12;/h1-3,10,12,15,23H,4-9,11H2;1H. The van der Waals surface area contributed by atoms with Crippen molar-refractivity contribution in [3.63, 3.8) is 0 Å². The minimum Gasteiger partial charge on any atom is -0.392 e. The van der Waals surface area contributed by atoms with Gasteiger partial charge in [-0.3, -0.25) is 9.69 Å². The number of rotatable bonds is 4. The quantitative estimate of drug-likeness (QED) is 0.876. The van der Waals surface area contributed by atoms with Gasteiger partial charge in [0.25, 0.3) is 5.91 Å². The van der Waals surface area contributed by atoms with E-state index in [2.05, 4.69) is 4.90 Å². The number of amides is 1. The van der Waals surface area contributed by atoms with Gasteiger partial charge in [-0.25, -0.2) is 0 Å². The van der Waals surface area contributed by atoms with Crippen LogP contribution in [0, 0.1) is 5.92 Å². The number of aliphatic hydroxyl groups is 1. The number of hydrogen-bond acceptors (Lipinski definition) is 3. The van der Waals surface area contributed by atoms with E-state index in [0.29, 0.717) is 38.6 Å². The highest BCUT2D eigenvalue weighted by molar-refractivity contribution is 5.94. The molecule has 1 heterocycles. The van der Waals surface area contributed by atoms with Gasteiger partial charge in [-0.05, 0) is 37.0 Å². The molecule has 1 saturated heterocycles. The average Bonchev–Trinajstić information content (AvgIpc) is 3.39. The first-order valence-corrected chi connectivity index (χ1v) is 8.21. The minimum atomic E-state index is -4.45. The van der Waals surface area contributed by atoms with Crippen molar-refractivity contribution in [2.24, 2.45) is 5.92 Å². The van der Waals surface area contributed by atoms with Gasteiger partial charge in [0, 0.05) is 38.3 Å². The number of hydrogen-bond donors (Lipinski definition) is 1. The second-order valence-electron chi connectivity index (χ2n) is 6.58. The number of alkyl halides is 3. The maximum absolute atomic E-state index is 12.8. The Hall–Kier alpha value is -1.31. The first-order chi connectivity index (χ1) is 11.3. The van der Waals surface area contributed by atoms with Gasteiger partial charge >= 0.3 is 6.18 Å². The summed E-state index contributed by atoms with van der Waals surface area (Å²) in [7, 11) is 0. The minimum absolute atomic E-state index is 0. The molecule has 1 N–H and O–H groups in total. The topological polar surface area (TPSA) is 43.8 Å². The van der Waals surface area contributed by atoms with Crippen LogP contribution in [0.15, 0.2) is 24.3 Å². The van der Waals surface area contributed by atoms with E-state index in [1.54, 1.807) is 4.90 Å². The van der Waals surface area contributed by atoms with Gasteiger partial charge in [-0.15, -0.1) is 12.4 Å². The van der Waals surface area contributed by atoms with Gasteiger partial charge in [0.2, 0.25) is 0 Å². The van der Waals surface area contributed by atoms with E-state index in [-0.39, 0.29) is 30.0 Å². The van der Waals surface area contributed by atoms with Crippen LogP contribution in [0.3, 0.4) is 0 Å². The monoisotopic (exact) mass is 378 g/mol. The summed E-state index contributed by atoms with van der Waals surface area (Å²) in [5.41, 5.74) is -0.740. The van der Waals surface area contributed by atoms with Gasteiger partial charge in [0.15, 0.2) is 0 Å². The van der Waals surface area contributed by atoms with E-state index in [1.165, 1.54) is 12.1 Å². The number of benzene rings is 1. The van der Waals surface area contributed by atoms with E-state index < -0.39 is 11.7 Å². The Labute approximate surface area is 151 Å². The molecule has 1 aromatic rings. The highest BCUT2D eigenvalue weighted by atomic mass is 35.5. The molecule has 8 heteroatoms. The maximum Gasteiger partial charge on any atom is 0.416 e. The molecule has 1 unspecified atom stereocenters. The summed E-state index contributed by atoms with van der Waals surface area (Å²) >= 11 is 0. The first kappa shape index (κ1) is 20.0. The van der Waals surface area contributed by atoms with Crippen LogP contribution in [0.5, 0.6) is 0 Å². The normalized spacial score (nSPS) is 20.1. The molecule has 2 aliphatic rings. The molecule has 1 amide bonds. The van der Waals surface area contributed by atoms with Crippen molar-refractivity contribution in [1.29, 1.82) is 0 Å². The number of halogens is 4. The molecule has 3 rings (SSSR count). The number of carbonyl (C=O) groups excluding carboxylic acids is 1. The van der Waals surface area contributed by atoms with Crippen molar-refractivity contribution in [2.45, 2.75) is 25.1 Å². The maximum atomic E-state index is 12.8. The van der Waals surface area contributed by atoms with Crippen LogP contribution in [0.25, 0.3) is 0 Å². The lowest BCUT2D eigenvalue weighted by molar-refractivity contribution is -0.137. The zero-order valence-corrected chi connectivity index (χ0v) is 14.5. The predicted octanol–water partition coefficient (Wildman–Crippen LogP) is 2.66. The Morgan fingerprint density at radius 2 is 1.84 bits per heavy atom. The lowest BCUT2D eigenvalue weighted by atomic mass is 10.1. The third-order valence-electron chi connectivity index (χ3n) is 4.71. The Bertz CT molecular complexity index is 600. The van der Waals surface area contributed by atoms with E-state index in [4.69, 9.17) is 0 Å². The molecular formula is C17H22ClF3N2O2. The van der Waals surface area contributed by atoms with Crippen LogP contribution >= 0.6 is 12.4 Å². The fourth-order valence-corrected chi connectivity index (χ4v) is 3.04. The summed E-state index contributed by atoms with van der Waals surface area (Å²) < 4.78 is 38.3. The molecule has 0 radical (unpaired) electrons. The SMILES string of the molecule is Cl.O=C(c1cccc(C(F)(F)F)c1)N1CCN(CC(O)C2CC2)CC1. The molecule has 0 spiro atoms. The number of piperazine rings is 1. The molecule has 0 aromatic heterocycles. The summed E-state index contributed by atoms with van der Waals surface area (Å²) in [5, 5.41) is 9.97. The molecule has 1 aliphatic carbocycles. The van der Waals surface area contributed by atoms with E-state index >= 15 is 0 Å². The van der Waals surface area contributed by atoms with Gasteiger partial charge in [0.05, 0.1) is 11.7 Å². The van der Waals surface area contributed by atoms with Crippen molar-refractivity contribution in [2.75, 3.05) is 32.7 Å². The zero-order valence-electron chi connectivity index (χ0n) is 13.7. The van der Waals surface area contributed by atoms with Gasteiger partial charge in [-0.2, -0.15) is 13.2 Å². The van der Waals surface area contributed by atoms with Crippen molar-refractivity contribution in [1.82, 2.24) is 9.80 Å². The Morgan fingerprint density at radius 3 is 2.40 bits per heavy atom. The van der Waals surface area contributed by atoms with Gasteiger partial charge in [0.1, 0.15) is 0 Å². The third kappa shape index (κ3) is 5.09. The zero-order chi connectivity index (χ0) is 17.3. The second-order valence-corrected chi connectivity index (χ2v) is 6.58. The van der Waals surface area contributed by atoms with Crippen LogP contribution in [-0.2, 0) is 6.18 Å². The largest absolute Gasteiger partial charge is 0.416 e. The van der Waals surface area contributed by atoms with Crippen molar-refractivity contribution < 1.29 is 23.1 Å². The summed E-state index contributed by atoms with van der Waals surface area (Å²) in [6.07, 6.45) is -2.60. The van der Waals surface area contributed by atoms with Crippen molar-refractivity contribution in [3.05, 3.63) is 35.4 Å². The second kappa shape index (κ2) is 7.93. The molecule has 140 valence electrons. The molecule has 0 bridgehead atoms. The predicted molar refractivity (Wildman–Crippen MR) is 89.8 cm³/mol. The molecule has 2 fully saturated rings. The summed E-state index contributed by atoms with van der Waals surface area (Å²) in [6.45, 7) is 2.80. The van der Waals surface area contributed by atoms with Crippen LogP contribution in [0.1, 0.15) is 28.8 Å². The van der Waals surface area contributed by atoms with Crippen LogP contribution < -0.4 is 0 Å². The molecule has 1 atom stereocenters. The highest BCUT2D eigenvalue weighted by Crippen LogP contribution is 2.33. The van der Waals surface area contributed by atoms with Crippen molar-refractivity contribution >= 4 is 18.3 Å². The van der Waals surface area contributed by atoms with Crippen LogP contribution in [-0.4, -0.2) is 59.6 Å². The fourth-order valence-electron chi connectivity index (χ4n) is 3.04. The number of carbonyl (C=O) groups is 1. The molecular weight excluding hydrogens is 357 g/mol. The molecule has 4 nitrogen and oxygen atoms in total. The van der Waals surface area contributed by atoms with Crippen molar-refractivity contribution in [3.8, 4) is 0 Å². The Morgan fingerprint density at radius 1 is 1.20 bits per heavy atom. The first-order valence-electron chi connectivity index (χ1n) is 8.21. The van der Waals surface area contributed by atoms with Crippen LogP contribution in [0.4, 0.5) is 13.2 Å². The number of nitrogens with zero attached hydrogens (tertiary/aromatic N) is 2. The smallest absolute Gasteiger partial charge is 0.392 e. The molecule has 1 aliphatic heterocycles. The van der Waals surface area contributed by atoms with Gasteiger partial charge in [-0.1, -0.05) is 6.07 Å². The summed E-state index contributed by atoms with van der Waals surface area (Å²) in [4.78, 5) is 16.1. The Kier molecular flexibility index (Phi) is 6.35. The van der Waals surface area contributed by atoms with Crippen LogP contribution in [0.2, 0.25) is 0 Å². The highest BCUT2D eigenvalue weighted by Gasteiger charge is 2.33. The van der Waals surface area contributed by atoms with E-state index in [9.17, 15) is 23.1 Å². The van der Waals surface area contributed by atoms with E-state index in [0.717, 1.165) is 25.0 Å². The number of aliphatic hydroxyl groups excluding tert-OH is 1. The lowest BCUT2D eigenvalue weighted by Gasteiger charge is -2.35.